The topological polar surface area (TPSA) is 88.0 Å². The summed E-state index contributed by atoms with van der Waals surface area (Å²) in [7, 11) is 0. The van der Waals surface area contributed by atoms with Crippen LogP contribution in [0.1, 0.15) is 15.9 Å². The number of fused-ring (bicyclic) bond motifs is 1. The van der Waals surface area contributed by atoms with Gasteiger partial charge < -0.3 is 5.11 Å². The Morgan fingerprint density at radius 3 is 2.68 bits per heavy atom. The van der Waals surface area contributed by atoms with Gasteiger partial charge in [0.1, 0.15) is 5.65 Å². The maximum absolute atomic E-state index is 12.3. The highest BCUT2D eigenvalue weighted by Gasteiger charge is 2.18. The Labute approximate surface area is 148 Å². The van der Waals surface area contributed by atoms with Crippen molar-refractivity contribution in [2.24, 2.45) is 0 Å². The zero-order valence-corrected chi connectivity index (χ0v) is 14.3. The third-order valence-electron chi connectivity index (χ3n) is 3.84. The molecule has 0 spiro atoms. The molecule has 0 aliphatic rings. The standard InChI is InChI=1S/C18H15N3O3S/c1-3-8-21-15-14(16(22)20-18(21)25)12(17(23)24)9-13(19-15)11-6-4-10(2)5-7-11/h3-7,9H,1,8H2,2H3,(H,23,24)(H,20,22,25). The lowest BCUT2D eigenvalue weighted by atomic mass is 10.1. The van der Waals surface area contributed by atoms with E-state index >= 15 is 0 Å². The summed E-state index contributed by atoms with van der Waals surface area (Å²) >= 11 is 5.19. The van der Waals surface area contributed by atoms with Crippen molar-refractivity contribution >= 4 is 29.2 Å². The molecule has 7 heteroatoms. The summed E-state index contributed by atoms with van der Waals surface area (Å²) in [6.45, 7) is 5.93. The number of benzene rings is 1. The van der Waals surface area contributed by atoms with Gasteiger partial charge in [0.25, 0.3) is 5.56 Å². The summed E-state index contributed by atoms with van der Waals surface area (Å²) in [6.07, 6.45) is 1.61. The third kappa shape index (κ3) is 3.01. The highest BCUT2D eigenvalue weighted by molar-refractivity contribution is 7.71. The predicted molar refractivity (Wildman–Crippen MR) is 98.5 cm³/mol. The van der Waals surface area contributed by atoms with Crippen LogP contribution in [0.2, 0.25) is 0 Å². The monoisotopic (exact) mass is 353 g/mol. The van der Waals surface area contributed by atoms with Gasteiger partial charge in [-0.1, -0.05) is 35.9 Å². The number of aryl methyl sites for hydroxylation is 1. The van der Waals surface area contributed by atoms with Crippen molar-refractivity contribution in [3.8, 4) is 11.3 Å². The Kier molecular flexibility index (Phi) is 4.33. The van der Waals surface area contributed by atoms with Crippen LogP contribution in [-0.2, 0) is 6.54 Å². The van der Waals surface area contributed by atoms with Crippen LogP contribution in [0.4, 0.5) is 0 Å². The van der Waals surface area contributed by atoms with Gasteiger partial charge in [-0.05, 0) is 25.2 Å². The fraction of sp³-hybridized carbons (Fsp3) is 0.111. The van der Waals surface area contributed by atoms with E-state index < -0.39 is 11.5 Å². The lowest BCUT2D eigenvalue weighted by molar-refractivity contribution is 0.0699. The number of pyridine rings is 1. The number of nitrogens with zero attached hydrogens (tertiary/aromatic N) is 2. The van der Waals surface area contributed by atoms with Gasteiger partial charge in [0.05, 0.1) is 16.6 Å². The van der Waals surface area contributed by atoms with Gasteiger partial charge in [-0.3, -0.25) is 14.3 Å². The van der Waals surface area contributed by atoms with Gasteiger partial charge in [-0.2, -0.15) is 0 Å². The van der Waals surface area contributed by atoms with E-state index in [0.29, 0.717) is 12.2 Å². The first-order valence-corrected chi connectivity index (χ1v) is 7.92. The predicted octanol–water partition coefficient (Wildman–Crippen LogP) is 3.31. The van der Waals surface area contributed by atoms with E-state index in [1.54, 1.807) is 10.6 Å². The third-order valence-corrected chi connectivity index (χ3v) is 4.16. The van der Waals surface area contributed by atoms with E-state index in [2.05, 4.69) is 16.5 Å². The van der Waals surface area contributed by atoms with Gasteiger partial charge >= 0.3 is 5.97 Å². The number of rotatable bonds is 4. The Balaban J connectivity index is 2.46. The number of H-pyrrole nitrogens is 1. The normalized spacial score (nSPS) is 10.8. The van der Waals surface area contributed by atoms with E-state index in [-0.39, 0.29) is 21.4 Å². The Hall–Kier alpha value is -3.06. The molecular weight excluding hydrogens is 338 g/mol. The number of carbonyl (C=O) groups is 1. The molecule has 25 heavy (non-hydrogen) atoms. The largest absolute Gasteiger partial charge is 0.478 e. The van der Waals surface area contributed by atoms with Crippen LogP contribution in [0.15, 0.2) is 47.8 Å². The Morgan fingerprint density at radius 1 is 1.40 bits per heavy atom. The second-order valence-electron chi connectivity index (χ2n) is 5.58. The van der Waals surface area contributed by atoms with Crippen LogP contribution in [0.5, 0.6) is 0 Å². The number of nitrogens with one attached hydrogen (secondary N) is 1. The van der Waals surface area contributed by atoms with Gasteiger partial charge in [-0.25, -0.2) is 9.78 Å². The van der Waals surface area contributed by atoms with E-state index in [1.165, 1.54) is 6.07 Å². The van der Waals surface area contributed by atoms with Crippen molar-refractivity contribution in [2.75, 3.05) is 0 Å². The SMILES string of the molecule is C=CCn1c(=S)[nH]c(=O)c2c(C(=O)O)cc(-c3ccc(C)cc3)nc21. The van der Waals surface area contributed by atoms with Crippen LogP contribution in [0.25, 0.3) is 22.3 Å². The smallest absolute Gasteiger partial charge is 0.336 e. The van der Waals surface area contributed by atoms with Crippen LogP contribution in [-0.4, -0.2) is 25.6 Å². The molecule has 0 unspecified atom stereocenters. The number of allylic oxidation sites excluding steroid dienone is 1. The summed E-state index contributed by atoms with van der Waals surface area (Å²) in [5.41, 5.74) is 1.84. The zero-order chi connectivity index (χ0) is 18.1. The number of aromatic amines is 1. The molecular formula is C18H15N3O3S. The summed E-state index contributed by atoms with van der Waals surface area (Å²) in [5.74, 6) is -1.20. The molecule has 2 N–H and O–H groups in total. The van der Waals surface area contributed by atoms with Crippen molar-refractivity contribution in [1.29, 1.82) is 0 Å². The first-order valence-electron chi connectivity index (χ1n) is 7.51. The van der Waals surface area contributed by atoms with Crippen LogP contribution < -0.4 is 5.56 Å². The first-order chi connectivity index (χ1) is 11.9. The molecule has 0 aliphatic heterocycles. The van der Waals surface area contributed by atoms with E-state index in [4.69, 9.17) is 12.2 Å². The van der Waals surface area contributed by atoms with Crippen molar-refractivity contribution in [3.63, 3.8) is 0 Å². The molecule has 0 bridgehead atoms. The van der Waals surface area contributed by atoms with Gasteiger partial charge in [-0.15, -0.1) is 6.58 Å². The number of aromatic carboxylic acids is 1. The quantitative estimate of drug-likeness (QED) is 0.555. The molecule has 1 aromatic carbocycles. The average Bonchev–Trinajstić information content (AvgIpc) is 2.58. The maximum Gasteiger partial charge on any atom is 0.336 e. The first kappa shape index (κ1) is 16.8. The van der Waals surface area contributed by atoms with Crippen molar-refractivity contribution < 1.29 is 9.90 Å². The van der Waals surface area contributed by atoms with Crippen LogP contribution in [0.3, 0.4) is 0 Å². The molecule has 6 nitrogen and oxygen atoms in total. The molecule has 126 valence electrons. The van der Waals surface area contributed by atoms with E-state index in [0.717, 1.165) is 11.1 Å². The summed E-state index contributed by atoms with van der Waals surface area (Å²) in [5, 5.41) is 9.58. The summed E-state index contributed by atoms with van der Waals surface area (Å²) in [4.78, 5) is 31.1. The molecule has 0 amide bonds. The minimum Gasteiger partial charge on any atom is -0.478 e. The average molecular weight is 353 g/mol. The molecule has 3 rings (SSSR count). The fourth-order valence-electron chi connectivity index (χ4n) is 2.61. The molecule has 3 aromatic rings. The van der Waals surface area contributed by atoms with Crippen LogP contribution in [0, 0.1) is 11.7 Å². The molecule has 0 aliphatic carbocycles. The second kappa shape index (κ2) is 6.45. The lowest BCUT2D eigenvalue weighted by Crippen LogP contribution is -2.19. The molecule has 0 saturated heterocycles. The number of hydrogen-bond donors (Lipinski definition) is 2. The molecule has 0 radical (unpaired) electrons. The number of aromatic nitrogens is 3. The number of carboxylic acid groups (broad SMARTS) is 1. The minimum absolute atomic E-state index is 0.00110. The van der Waals surface area contributed by atoms with Gasteiger partial charge in [0.2, 0.25) is 0 Å². The molecule has 2 heterocycles. The molecule has 0 fully saturated rings. The van der Waals surface area contributed by atoms with Gasteiger partial charge in [0, 0.05) is 12.1 Å². The number of hydrogen-bond acceptors (Lipinski definition) is 4. The summed E-state index contributed by atoms with van der Waals surface area (Å²) < 4.78 is 1.73. The highest BCUT2D eigenvalue weighted by Crippen LogP contribution is 2.23. The fourth-order valence-corrected chi connectivity index (χ4v) is 2.87. The van der Waals surface area contributed by atoms with Gasteiger partial charge in [0.15, 0.2) is 4.77 Å². The highest BCUT2D eigenvalue weighted by atomic mass is 32.1. The zero-order valence-electron chi connectivity index (χ0n) is 13.4. The summed E-state index contributed by atoms with van der Waals surface area (Å²) in [6, 6.07) is 8.95. The van der Waals surface area contributed by atoms with Crippen molar-refractivity contribution in [3.05, 3.63) is 69.2 Å². The number of carboxylic acids is 1. The second-order valence-corrected chi connectivity index (χ2v) is 5.97. The van der Waals surface area contributed by atoms with Crippen LogP contribution >= 0.6 is 12.2 Å². The molecule has 0 atom stereocenters. The Morgan fingerprint density at radius 2 is 2.08 bits per heavy atom. The molecule has 2 aromatic heterocycles. The lowest BCUT2D eigenvalue weighted by Gasteiger charge is -2.12. The minimum atomic E-state index is -1.20. The Bertz CT molecular complexity index is 1110. The van der Waals surface area contributed by atoms with E-state index in [1.807, 2.05) is 31.2 Å². The van der Waals surface area contributed by atoms with Crippen molar-refractivity contribution in [2.45, 2.75) is 13.5 Å². The molecule has 0 saturated carbocycles. The van der Waals surface area contributed by atoms with Crippen molar-refractivity contribution in [1.82, 2.24) is 14.5 Å². The maximum atomic E-state index is 12.3. The van der Waals surface area contributed by atoms with E-state index in [9.17, 15) is 14.7 Å².